The van der Waals surface area contributed by atoms with Crippen molar-refractivity contribution in [2.45, 2.75) is 68.9 Å². The zero-order chi connectivity index (χ0) is 15.8. The van der Waals surface area contributed by atoms with Crippen molar-refractivity contribution in [3.63, 3.8) is 0 Å². The topological polar surface area (TPSA) is 52.6 Å². The lowest BCUT2D eigenvalue weighted by Gasteiger charge is -2.41. The average Bonchev–Trinajstić information content (AvgIpc) is 3.08. The molecule has 0 aromatic rings. The van der Waals surface area contributed by atoms with Gasteiger partial charge >= 0.3 is 5.92 Å². The molecule has 4 nitrogen and oxygen atoms in total. The lowest BCUT2D eigenvalue weighted by atomic mass is 9.75. The molecule has 3 rings (SSSR count). The second-order valence-electron chi connectivity index (χ2n) is 7.33. The van der Waals surface area contributed by atoms with Crippen molar-refractivity contribution in [1.82, 2.24) is 10.2 Å². The minimum absolute atomic E-state index is 0.00584. The third-order valence-corrected chi connectivity index (χ3v) is 5.65. The normalized spacial score (nSPS) is 29.5. The second kappa shape index (κ2) is 6.04. The van der Waals surface area contributed by atoms with Gasteiger partial charge in [-0.25, -0.2) is 0 Å². The predicted molar refractivity (Wildman–Crippen MR) is 78.7 cm³/mol. The summed E-state index contributed by atoms with van der Waals surface area (Å²) in [6.45, 7) is 2.53. The Morgan fingerprint density at radius 3 is 2.50 bits per heavy atom. The number of amides is 1. The van der Waals surface area contributed by atoms with Crippen molar-refractivity contribution >= 4 is 5.91 Å². The first-order valence-electron chi connectivity index (χ1n) is 8.54. The van der Waals surface area contributed by atoms with Crippen molar-refractivity contribution in [2.24, 2.45) is 5.92 Å². The first-order chi connectivity index (χ1) is 10.4. The van der Waals surface area contributed by atoms with Gasteiger partial charge in [0.2, 0.25) is 0 Å². The molecule has 1 amide bonds. The summed E-state index contributed by atoms with van der Waals surface area (Å²) >= 11 is 0. The maximum atomic E-state index is 14.0. The van der Waals surface area contributed by atoms with Crippen molar-refractivity contribution in [2.75, 3.05) is 19.6 Å². The highest BCUT2D eigenvalue weighted by molar-refractivity contribution is 5.85. The number of nitrogens with zero attached hydrogens (tertiary/aromatic N) is 1. The molecule has 0 radical (unpaired) electrons. The molecular weight excluding hydrogens is 290 g/mol. The molecule has 2 aliphatic carbocycles. The minimum Gasteiger partial charge on any atom is -0.383 e. The Labute approximate surface area is 130 Å². The summed E-state index contributed by atoms with van der Waals surface area (Å²) in [4.78, 5) is 14.1. The fourth-order valence-corrected chi connectivity index (χ4v) is 3.99. The number of aliphatic hydroxyl groups is 1. The Hall–Kier alpha value is -0.750. The van der Waals surface area contributed by atoms with Crippen molar-refractivity contribution in [3.05, 3.63) is 0 Å². The van der Waals surface area contributed by atoms with Crippen LogP contribution in [0.4, 0.5) is 8.78 Å². The van der Waals surface area contributed by atoms with Crippen LogP contribution >= 0.6 is 0 Å². The molecule has 0 spiro atoms. The number of halogens is 2. The molecule has 1 saturated heterocycles. The summed E-state index contributed by atoms with van der Waals surface area (Å²) in [5.41, 5.74) is -2.13. The molecule has 3 fully saturated rings. The molecule has 22 heavy (non-hydrogen) atoms. The van der Waals surface area contributed by atoms with Gasteiger partial charge in [0, 0.05) is 25.7 Å². The minimum atomic E-state index is -3.68. The molecule has 1 unspecified atom stereocenters. The monoisotopic (exact) mass is 316 g/mol. The number of carbonyl (C=O) groups is 1. The van der Waals surface area contributed by atoms with Crippen LogP contribution in [0.5, 0.6) is 0 Å². The molecule has 1 heterocycles. The SMILES string of the molecule is O=C(NC1CCN(CC2CCCC2)C1)C(F)(F)C1(O)CCC1. The van der Waals surface area contributed by atoms with Crippen molar-refractivity contribution < 1.29 is 18.7 Å². The quantitative estimate of drug-likeness (QED) is 0.815. The van der Waals surface area contributed by atoms with E-state index in [1.54, 1.807) is 0 Å². The van der Waals surface area contributed by atoms with Gasteiger partial charge in [0.1, 0.15) is 5.60 Å². The predicted octanol–water partition coefficient (Wildman–Crippen LogP) is 1.92. The highest BCUT2D eigenvalue weighted by Gasteiger charge is 2.61. The van der Waals surface area contributed by atoms with Crippen molar-refractivity contribution in [3.8, 4) is 0 Å². The highest BCUT2D eigenvalue weighted by Crippen LogP contribution is 2.44. The number of alkyl halides is 2. The van der Waals surface area contributed by atoms with E-state index in [0.717, 1.165) is 19.0 Å². The van der Waals surface area contributed by atoms with E-state index >= 15 is 0 Å². The van der Waals surface area contributed by atoms with E-state index < -0.39 is 17.4 Å². The zero-order valence-corrected chi connectivity index (χ0v) is 13.0. The summed E-state index contributed by atoms with van der Waals surface area (Å²) in [6, 6.07) is -0.219. The summed E-state index contributed by atoms with van der Waals surface area (Å²) in [5, 5.41) is 12.3. The van der Waals surface area contributed by atoms with Crippen LogP contribution < -0.4 is 5.32 Å². The third kappa shape index (κ3) is 3.00. The van der Waals surface area contributed by atoms with Gasteiger partial charge in [-0.15, -0.1) is 0 Å². The number of carbonyl (C=O) groups excluding carboxylic acids is 1. The fourth-order valence-electron chi connectivity index (χ4n) is 3.99. The molecule has 1 aliphatic heterocycles. The number of likely N-dealkylation sites (tertiary alicyclic amines) is 1. The van der Waals surface area contributed by atoms with Gasteiger partial charge in [0.05, 0.1) is 0 Å². The van der Waals surface area contributed by atoms with Gasteiger partial charge in [-0.1, -0.05) is 12.8 Å². The summed E-state index contributed by atoms with van der Waals surface area (Å²) in [7, 11) is 0. The number of hydrogen-bond acceptors (Lipinski definition) is 3. The Morgan fingerprint density at radius 1 is 1.23 bits per heavy atom. The smallest absolute Gasteiger partial charge is 0.352 e. The molecule has 0 aromatic carbocycles. The van der Waals surface area contributed by atoms with Crippen LogP contribution in [-0.2, 0) is 4.79 Å². The Kier molecular flexibility index (Phi) is 4.42. The molecule has 2 N–H and O–H groups in total. The molecular formula is C16H26F2N2O2. The molecule has 126 valence electrons. The highest BCUT2D eigenvalue weighted by atomic mass is 19.3. The lowest BCUT2D eigenvalue weighted by Crippen LogP contribution is -2.61. The van der Waals surface area contributed by atoms with Gasteiger partial charge < -0.3 is 15.3 Å². The van der Waals surface area contributed by atoms with Crippen LogP contribution in [0, 0.1) is 5.92 Å². The molecule has 0 bridgehead atoms. The second-order valence-corrected chi connectivity index (χ2v) is 7.33. The number of rotatable bonds is 5. The largest absolute Gasteiger partial charge is 0.383 e. The van der Waals surface area contributed by atoms with Crippen LogP contribution in [0.3, 0.4) is 0 Å². The molecule has 0 aromatic heterocycles. The van der Waals surface area contributed by atoms with E-state index in [0.29, 0.717) is 19.4 Å². The first-order valence-corrected chi connectivity index (χ1v) is 8.54. The maximum Gasteiger partial charge on any atom is 0.352 e. The maximum absolute atomic E-state index is 14.0. The first kappa shape index (κ1) is 16.1. The molecule has 1 atom stereocenters. The Balaban J connectivity index is 1.48. The number of hydrogen-bond donors (Lipinski definition) is 2. The summed E-state index contributed by atoms with van der Waals surface area (Å²) < 4.78 is 28.1. The fraction of sp³-hybridized carbons (Fsp3) is 0.938. The van der Waals surface area contributed by atoms with Crippen LogP contribution in [0.1, 0.15) is 51.4 Å². The summed E-state index contributed by atoms with van der Waals surface area (Å²) in [5.74, 6) is -4.25. The van der Waals surface area contributed by atoms with Crippen LogP contribution in [0.15, 0.2) is 0 Å². The zero-order valence-electron chi connectivity index (χ0n) is 13.0. The van der Waals surface area contributed by atoms with Crippen molar-refractivity contribution in [1.29, 1.82) is 0 Å². The van der Waals surface area contributed by atoms with Crippen LogP contribution in [0.2, 0.25) is 0 Å². The Morgan fingerprint density at radius 2 is 1.91 bits per heavy atom. The van der Waals surface area contributed by atoms with Gasteiger partial charge in [0.15, 0.2) is 0 Å². The van der Waals surface area contributed by atoms with Gasteiger partial charge in [0.25, 0.3) is 5.91 Å². The van der Waals surface area contributed by atoms with E-state index in [4.69, 9.17) is 0 Å². The lowest BCUT2D eigenvalue weighted by molar-refractivity contribution is -0.216. The standard InChI is InChI=1S/C16H26F2N2O2/c17-16(18,15(22)7-3-8-15)14(21)19-13-6-9-20(11-13)10-12-4-1-2-5-12/h12-13,22H,1-11H2,(H,19,21). The van der Waals surface area contributed by atoms with E-state index in [-0.39, 0.29) is 18.9 Å². The molecule has 6 heteroatoms. The number of nitrogens with one attached hydrogen (secondary N) is 1. The molecule has 3 aliphatic rings. The average molecular weight is 316 g/mol. The Bertz CT molecular complexity index is 420. The van der Waals surface area contributed by atoms with Crippen LogP contribution in [-0.4, -0.2) is 53.1 Å². The van der Waals surface area contributed by atoms with Gasteiger partial charge in [-0.3, -0.25) is 4.79 Å². The van der Waals surface area contributed by atoms with Crippen LogP contribution in [0.25, 0.3) is 0 Å². The van der Waals surface area contributed by atoms with E-state index in [1.807, 2.05) is 0 Å². The molecule has 2 saturated carbocycles. The van der Waals surface area contributed by atoms with Gasteiger partial charge in [-0.05, 0) is 44.4 Å². The van der Waals surface area contributed by atoms with E-state index in [9.17, 15) is 18.7 Å². The van der Waals surface area contributed by atoms with E-state index in [2.05, 4.69) is 10.2 Å². The van der Waals surface area contributed by atoms with Gasteiger partial charge in [-0.2, -0.15) is 8.78 Å². The third-order valence-electron chi connectivity index (χ3n) is 5.65. The summed E-state index contributed by atoms with van der Waals surface area (Å²) in [6.07, 6.45) is 6.40. The van der Waals surface area contributed by atoms with E-state index in [1.165, 1.54) is 25.7 Å².